The molecule has 0 aliphatic carbocycles. The zero-order chi connectivity index (χ0) is 59.2. The van der Waals surface area contributed by atoms with Gasteiger partial charge in [-0.3, -0.25) is 23.2 Å². The molecule has 2 amide bonds. The number of methoxy groups -OCH3 is 4. The average molecular weight is 1200 g/mol. The molecule has 23 nitrogen and oxygen atoms in total. The Hall–Kier alpha value is -6.60. The Balaban J connectivity index is 1.40. The Bertz CT molecular complexity index is 4010. The monoisotopic (exact) mass is 1200 g/mol. The normalized spacial score (nSPS) is 19.5. The van der Waals surface area contributed by atoms with Crippen molar-refractivity contribution in [1.29, 1.82) is 0 Å². The van der Waals surface area contributed by atoms with Crippen LogP contribution < -0.4 is 4.90 Å². The predicted octanol–water partition coefficient (Wildman–Crippen LogP) is 5.88. The standard InChI is InChI=1S/C54H57N3O20S4/c1-53(21-25-73-3)46(55(23-27-75-5)42-15-13-38-40(50(42)53)29-36(78(61,62)63)31-44(38)80(67,68)69)17-11-34(33-7-9-35(10-8-33)52(60)77-57-48(58)19-20-49(57)59)12-18-47-54(2,22-26-74-4)51-41-30-37(79(64,65)66)32-45(81(70,71)72)39(41)14-16-43(51)56(47)24-28-76-6/h7-18,29-32H,19-28H2,1-6H3,(H3-,61,62,63,64,65,66,67,68,69,70,71,72). The summed E-state index contributed by atoms with van der Waals surface area (Å²) < 4.78 is 170. The van der Waals surface area contributed by atoms with Crippen LogP contribution in [0.5, 0.6) is 0 Å². The molecule has 1 fully saturated rings. The van der Waals surface area contributed by atoms with Crippen LogP contribution in [-0.2, 0) is 84.7 Å². The lowest BCUT2D eigenvalue weighted by molar-refractivity contribution is -0.441. The van der Waals surface area contributed by atoms with E-state index in [2.05, 4.69) is 0 Å². The number of carbonyl (C=O) groups excluding carboxylic acids is 3. The van der Waals surface area contributed by atoms with Gasteiger partial charge < -0.3 is 33.2 Å². The van der Waals surface area contributed by atoms with Crippen LogP contribution in [0.2, 0.25) is 0 Å². The molecule has 3 aliphatic heterocycles. The van der Waals surface area contributed by atoms with E-state index in [1.165, 1.54) is 52.7 Å². The van der Waals surface area contributed by atoms with Crippen LogP contribution in [0, 0.1) is 0 Å². The Kier molecular flexibility index (Phi) is 17.2. The van der Waals surface area contributed by atoms with E-state index in [9.17, 15) is 66.3 Å². The first kappa shape index (κ1) is 60.5. The average Bonchev–Trinajstić information content (AvgIpc) is 3.45. The molecule has 3 N–H and O–H groups in total. The number of fused-ring (bicyclic) bond motifs is 6. The Morgan fingerprint density at radius 3 is 1.74 bits per heavy atom. The number of amides is 2. The molecule has 1 saturated heterocycles. The van der Waals surface area contributed by atoms with E-state index in [1.54, 1.807) is 48.6 Å². The summed E-state index contributed by atoms with van der Waals surface area (Å²) in [6.07, 6.45) is 7.11. The number of nitrogens with zero attached hydrogens (tertiary/aromatic N) is 3. The minimum Gasteiger partial charge on any atom is -0.744 e. The fourth-order valence-corrected chi connectivity index (χ4v) is 13.5. The SMILES string of the molecule is COCCN1/C(=C/C=C(/C=C/C2=[N+](CCOC)c3ccc4c(S(=O)(=O)O)cc(S(=O)(=O)[O-])cc4c3C2(C)CCOC)c2ccc(C(=O)ON3C(=O)CCC3=O)cc2)C(C)(CCOC)c2c1ccc1c(S(=O)(=O)O)cc(S(=O)(=O)O)cc21. The molecule has 0 aromatic heterocycles. The lowest BCUT2D eigenvalue weighted by Crippen LogP contribution is -2.33. The topological polar surface area (TPSA) is 327 Å². The van der Waals surface area contributed by atoms with Crippen molar-refractivity contribution in [3.63, 3.8) is 0 Å². The molecule has 2 atom stereocenters. The fraction of sp³-hybridized carbons (Fsp3) is 0.333. The third kappa shape index (κ3) is 11.8. The number of hydroxylamine groups is 2. The molecule has 81 heavy (non-hydrogen) atoms. The summed E-state index contributed by atoms with van der Waals surface area (Å²) in [4.78, 5) is 41.9. The van der Waals surface area contributed by atoms with E-state index in [0.29, 0.717) is 62.2 Å². The molecule has 432 valence electrons. The molecule has 0 radical (unpaired) electrons. The second-order valence-corrected chi connectivity index (χ2v) is 25.3. The Labute approximate surface area is 467 Å². The van der Waals surface area contributed by atoms with Crippen molar-refractivity contribution >= 4 is 102 Å². The summed E-state index contributed by atoms with van der Waals surface area (Å²) in [5, 5.41) is 0.408. The van der Waals surface area contributed by atoms with Crippen LogP contribution in [0.25, 0.3) is 27.1 Å². The zero-order valence-corrected chi connectivity index (χ0v) is 47.8. The second kappa shape index (κ2) is 23.0. The predicted molar refractivity (Wildman–Crippen MR) is 292 cm³/mol. The number of benzene rings is 5. The first-order valence-electron chi connectivity index (χ1n) is 24.8. The molecule has 3 heterocycles. The molecule has 5 aromatic carbocycles. The van der Waals surface area contributed by atoms with Gasteiger partial charge in [-0.1, -0.05) is 24.3 Å². The van der Waals surface area contributed by atoms with Gasteiger partial charge in [0, 0.05) is 106 Å². The highest BCUT2D eigenvalue weighted by Gasteiger charge is 2.50. The molecule has 0 bridgehead atoms. The summed E-state index contributed by atoms with van der Waals surface area (Å²) in [5.41, 5.74) is 1.31. The smallest absolute Gasteiger partial charge is 0.363 e. The van der Waals surface area contributed by atoms with Crippen molar-refractivity contribution in [1.82, 2.24) is 5.06 Å². The number of hydrogen-bond donors (Lipinski definition) is 3. The van der Waals surface area contributed by atoms with Gasteiger partial charge in [0.2, 0.25) is 5.69 Å². The summed E-state index contributed by atoms with van der Waals surface area (Å²) >= 11 is 0. The number of ether oxygens (including phenoxy) is 4. The van der Waals surface area contributed by atoms with E-state index < -0.39 is 88.7 Å². The van der Waals surface area contributed by atoms with Crippen molar-refractivity contribution in [3.8, 4) is 0 Å². The quantitative estimate of drug-likeness (QED) is 0.0315. The maximum Gasteiger partial charge on any atom is 0.363 e. The summed E-state index contributed by atoms with van der Waals surface area (Å²) in [6.45, 7) is 4.46. The first-order chi connectivity index (χ1) is 38.0. The fourth-order valence-electron chi connectivity index (χ4n) is 10.9. The van der Waals surface area contributed by atoms with Crippen molar-refractivity contribution in [3.05, 3.63) is 125 Å². The second-order valence-electron chi connectivity index (χ2n) is 19.7. The van der Waals surface area contributed by atoms with Crippen molar-refractivity contribution in [2.75, 3.05) is 72.9 Å². The van der Waals surface area contributed by atoms with Crippen molar-refractivity contribution in [2.45, 2.75) is 69.9 Å². The van der Waals surface area contributed by atoms with Crippen molar-refractivity contribution in [2.24, 2.45) is 0 Å². The maximum atomic E-state index is 13.4. The molecular formula is C54H57N3O20S4. The molecule has 3 aliphatic rings. The van der Waals surface area contributed by atoms with Gasteiger partial charge >= 0.3 is 5.97 Å². The minimum absolute atomic E-state index is 0.0356. The molecule has 0 spiro atoms. The largest absolute Gasteiger partial charge is 0.744 e. The molecule has 27 heteroatoms. The van der Waals surface area contributed by atoms with Gasteiger partial charge in [-0.2, -0.15) is 29.8 Å². The van der Waals surface area contributed by atoms with E-state index in [0.717, 1.165) is 12.1 Å². The molecular weight excluding hydrogens is 1140 g/mol. The zero-order valence-electron chi connectivity index (χ0n) is 44.6. The molecule has 0 saturated carbocycles. The van der Waals surface area contributed by atoms with Gasteiger partial charge in [0.1, 0.15) is 26.5 Å². The Morgan fingerprint density at radius 2 is 1.19 bits per heavy atom. The Morgan fingerprint density at radius 1 is 0.654 bits per heavy atom. The van der Waals surface area contributed by atoms with Crippen LogP contribution in [0.3, 0.4) is 0 Å². The number of hydrogen-bond acceptors (Lipinski definition) is 18. The summed E-state index contributed by atoms with van der Waals surface area (Å²) in [6, 6.07) is 15.5. The van der Waals surface area contributed by atoms with Gasteiger partial charge in [0.05, 0.1) is 27.4 Å². The van der Waals surface area contributed by atoms with Crippen LogP contribution in [0.1, 0.15) is 66.6 Å². The first-order valence-corrected chi connectivity index (χ1v) is 30.5. The third-order valence-electron chi connectivity index (χ3n) is 14.8. The molecule has 8 rings (SSSR count). The maximum absolute atomic E-state index is 13.4. The molecule has 5 aromatic rings. The minimum atomic E-state index is -5.31. The number of imide groups is 1. The summed E-state index contributed by atoms with van der Waals surface area (Å²) in [7, 11) is -14.7. The van der Waals surface area contributed by atoms with Crippen molar-refractivity contribution < 1.29 is 94.6 Å². The number of anilines is 1. The highest BCUT2D eigenvalue weighted by Crippen LogP contribution is 2.54. The van der Waals surface area contributed by atoms with Gasteiger partial charge in [0.15, 0.2) is 12.3 Å². The van der Waals surface area contributed by atoms with Gasteiger partial charge in [-0.05, 0) is 115 Å². The lowest BCUT2D eigenvalue weighted by Gasteiger charge is -2.30. The van der Waals surface area contributed by atoms with Gasteiger partial charge in [-0.15, -0.1) is 5.06 Å². The number of carbonyl (C=O) groups is 3. The van der Waals surface area contributed by atoms with E-state index in [-0.39, 0.29) is 92.3 Å². The summed E-state index contributed by atoms with van der Waals surface area (Å²) in [5.74, 6) is -2.37. The lowest BCUT2D eigenvalue weighted by atomic mass is 9.74. The van der Waals surface area contributed by atoms with Crippen LogP contribution in [-0.4, -0.2) is 153 Å². The number of rotatable bonds is 22. The molecule has 2 unspecified atom stereocenters. The van der Waals surface area contributed by atoms with Crippen LogP contribution in [0.15, 0.2) is 122 Å². The van der Waals surface area contributed by atoms with E-state index in [4.69, 9.17) is 23.8 Å². The van der Waals surface area contributed by atoms with Crippen LogP contribution in [0.4, 0.5) is 11.4 Å². The van der Waals surface area contributed by atoms with E-state index >= 15 is 0 Å². The van der Waals surface area contributed by atoms with Gasteiger partial charge in [-0.25, -0.2) is 13.2 Å². The van der Waals surface area contributed by atoms with Crippen LogP contribution >= 0.6 is 0 Å². The van der Waals surface area contributed by atoms with Gasteiger partial charge in [0.25, 0.3) is 42.2 Å². The third-order valence-corrected chi connectivity index (χ3v) is 18.2. The highest BCUT2D eigenvalue weighted by molar-refractivity contribution is 7.87. The highest BCUT2D eigenvalue weighted by atomic mass is 32.2. The number of allylic oxidation sites excluding steroid dienone is 6. The van der Waals surface area contributed by atoms with E-state index in [1.807, 2.05) is 23.3 Å².